The van der Waals surface area contributed by atoms with E-state index in [0.717, 1.165) is 24.0 Å². The fourth-order valence-corrected chi connectivity index (χ4v) is 2.97. The maximum Gasteiger partial charge on any atom is 0.303 e. The molecule has 19 heavy (non-hydrogen) atoms. The van der Waals surface area contributed by atoms with Crippen molar-refractivity contribution >= 4 is 21.9 Å². The van der Waals surface area contributed by atoms with Crippen LogP contribution in [0.25, 0.3) is 0 Å². The van der Waals surface area contributed by atoms with Crippen molar-refractivity contribution in [3.8, 4) is 5.75 Å². The third-order valence-electron chi connectivity index (χ3n) is 3.77. The fraction of sp³-hybridized carbons (Fsp3) is 0.533. The van der Waals surface area contributed by atoms with Gasteiger partial charge in [-0.1, -0.05) is 19.9 Å². The molecule has 1 fully saturated rings. The normalized spacial score (nSPS) is 16.6. The molecule has 1 aliphatic rings. The number of carboxylic acid groups (broad SMARTS) is 1. The van der Waals surface area contributed by atoms with Crippen LogP contribution in [0.5, 0.6) is 5.75 Å². The lowest BCUT2D eigenvalue weighted by Gasteiger charge is -2.19. The van der Waals surface area contributed by atoms with E-state index in [1.54, 1.807) is 0 Å². The highest BCUT2D eigenvalue weighted by Gasteiger charge is 2.35. The van der Waals surface area contributed by atoms with Crippen LogP contribution in [0.4, 0.5) is 0 Å². The Morgan fingerprint density at radius 1 is 1.42 bits per heavy atom. The third-order valence-corrected chi connectivity index (χ3v) is 4.37. The summed E-state index contributed by atoms with van der Waals surface area (Å²) in [4.78, 5) is 11.0. The molecule has 1 atom stereocenters. The number of hydrogen-bond donors (Lipinski definition) is 2. The quantitative estimate of drug-likeness (QED) is 0.850. The largest absolute Gasteiger partial charge is 0.506 e. The second kappa shape index (κ2) is 5.53. The van der Waals surface area contributed by atoms with Gasteiger partial charge in [0.1, 0.15) is 5.75 Å². The summed E-state index contributed by atoms with van der Waals surface area (Å²) in [5.41, 5.74) is 1.90. The monoisotopic (exact) mass is 326 g/mol. The van der Waals surface area contributed by atoms with E-state index in [9.17, 15) is 9.90 Å². The molecule has 1 aromatic rings. The maximum absolute atomic E-state index is 11.0. The molecule has 0 saturated heterocycles. The lowest BCUT2D eigenvalue weighted by Crippen LogP contribution is -2.09. The topological polar surface area (TPSA) is 57.5 Å². The molecule has 0 heterocycles. The molecule has 2 N–H and O–H groups in total. The van der Waals surface area contributed by atoms with Crippen molar-refractivity contribution in [3.05, 3.63) is 27.7 Å². The van der Waals surface area contributed by atoms with Crippen LogP contribution in [0.3, 0.4) is 0 Å². The van der Waals surface area contributed by atoms with Gasteiger partial charge in [-0.3, -0.25) is 4.79 Å². The molecule has 0 spiro atoms. The number of carbonyl (C=O) groups is 1. The Balaban J connectivity index is 2.42. The van der Waals surface area contributed by atoms with E-state index in [2.05, 4.69) is 29.8 Å². The Hall–Kier alpha value is -1.03. The van der Waals surface area contributed by atoms with Gasteiger partial charge in [-0.05, 0) is 57.8 Å². The molecule has 0 bridgehead atoms. The number of aliphatic carboxylic acids is 1. The zero-order valence-corrected chi connectivity index (χ0v) is 12.8. The molecule has 4 heteroatoms. The summed E-state index contributed by atoms with van der Waals surface area (Å²) in [6.45, 7) is 4.18. The summed E-state index contributed by atoms with van der Waals surface area (Å²) in [6, 6.07) is 3.88. The molecule has 0 aromatic heterocycles. The number of phenolic OH excluding ortho intramolecular Hbond substituents is 1. The van der Waals surface area contributed by atoms with Gasteiger partial charge in [0.05, 0.1) is 10.9 Å². The molecule has 1 aliphatic carbocycles. The van der Waals surface area contributed by atoms with Crippen LogP contribution < -0.4 is 0 Å². The van der Waals surface area contributed by atoms with Gasteiger partial charge in [-0.15, -0.1) is 0 Å². The van der Waals surface area contributed by atoms with Gasteiger partial charge in [-0.2, -0.15) is 0 Å². The number of rotatable bonds is 5. The molecular weight excluding hydrogens is 308 g/mol. The number of halogens is 1. The second-order valence-corrected chi connectivity index (χ2v) is 6.49. The van der Waals surface area contributed by atoms with Crippen molar-refractivity contribution in [3.63, 3.8) is 0 Å². The van der Waals surface area contributed by atoms with Crippen LogP contribution in [0.15, 0.2) is 16.6 Å². The number of benzene rings is 1. The molecule has 1 aromatic carbocycles. The van der Waals surface area contributed by atoms with E-state index in [4.69, 9.17) is 5.11 Å². The lowest BCUT2D eigenvalue weighted by atomic mass is 9.87. The summed E-state index contributed by atoms with van der Waals surface area (Å²) < 4.78 is 0.657. The summed E-state index contributed by atoms with van der Waals surface area (Å²) in [5.74, 6) is 0.0639. The minimum atomic E-state index is -0.803. The number of phenols is 1. The highest BCUT2D eigenvalue weighted by Crippen LogP contribution is 2.48. The highest BCUT2D eigenvalue weighted by atomic mass is 79.9. The Labute approximate surface area is 121 Å². The molecule has 2 rings (SSSR count). The molecule has 0 radical (unpaired) electrons. The van der Waals surface area contributed by atoms with Gasteiger partial charge in [0, 0.05) is 5.92 Å². The lowest BCUT2D eigenvalue weighted by molar-refractivity contribution is -0.137. The van der Waals surface area contributed by atoms with E-state index in [-0.39, 0.29) is 18.1 Å². The predicted octanol–water partition coefficient (Wildman–Crippen LogP) is 4.25. The van der Waals surface area contributed by atoms with Gasteiger partial charge < -0.3 is 10.2 Å². The summed E-state index contributed by atoms with van der Waals surface area (Å²) in [5, 5.41) is 19.3. The first-order chi connectivity index (χ1) is 8.90. The first-order valence-corrected chi connectivity index (χ1v) is 7.43. The molecule has 104 valence electrons. The van der Waals surface area contributed by atoms with Crippen molar-refractivity contribution in [2.75, 3.05) is 0 Å². The van der Waals surface area contributed by atoms with Crippen molar-refractivity contribution in [2.45, 2.75) is 44.9 Å². The standard InChI is InChI=1S/C15H19BrO3/c1-8(2)10-5-12(15(19)13(16)6-10)11(7-14(17)18)9-3-4-9/h5-6,8-9,11,19H,3-4,7H2,1-2H3,(H,17,18). The minimum Gasteiger partial charge on any atom is -0.506 e. The fourth-order valence-electron chi connectivity index (χ4n) is 2.48. The Morgan fingerprint density at radius 2 is 2.05 bits per heavy atom. The van der Waals surface area contributed by atoms with Crippen molar-refractivity contribution in [1.82, 2.24) is 0 Å². The van der Waals surface area contributed by atoms with Gasteiger partial charge in [0.2, 0.25) is 0 Å². The Kier molecular flexibility index (Phi) is 4.19. The van der Waals surface area contributed by atoms with Crippen LogP contribution >= 0.6 is 15.9 Å². The van der Waals surface area contributed by atoms with E-state index in [1.165, 1.54) is 0 Å². The highest BCUT2D eigenvalue weighted by molar-refractivity contribution is 9.10. The average molecular weight is 327 g/mol. The van der Waals surface area contributed by atoms with Gasteiger partial charge >= 0.3 is 5.97 Å². The minimum absolute atomic E-state index is 0.0764. The summed E-state index contributed by atoms with van der Waals surface area (Å²) in [6.07, 6.45) is 2.20. The van der Waals surface area contributed by atoms with Crippen molar-refractivity contribution < 1.29 is 15.0 Å². The van der Waals surface area contributed by atoms with Gasteiger partial charge in [0.25, 0.3) is 0 Å². The van der Waals surface area contributed by atoms with Crippen LogP contribution in [0.1, 0.15) is 56.1 Å². The first kappa shape index (κ1) is 14.4. The first-order valence-electron chi connectivity index (χ1n) is 6.64. The van der Waals surface area contributed by atoms with Crippen molar-refractivity contribution in [1.29, 1.82) is 0 Å². The molecule has 1 saturated carbocycles. The van der Waals surface area contributed by atoms with E-state index >= 15 is 0 Å². The number of aromatic hydroxyl groups is 1. The molecule has 0 amide bonds. The summed E-state index contributed by atoms with van der Waals surface area (Å²) >= 11 is 3.37. The third kappa shape index (κ3) is 3.30. The van der Waals surface area contributed by atoms with E-state index in [0.29, 0.717) is 16.3 Å². The zero-order valence-electron chi connectivity index (χ0n) is 11.2. The molecular formula is C15H19BrO3. The average Bonchev–Trinajstić information content (AvgIpc) is 3.13. The molecule has 3 nitrogen and oxygen atoms in total. The van der Waals surface area contributed by atoms with E-state index in [1.807, 2.05) is 12.1 Å². The van der Waals surface area contributed by atoms with Crippen LogP contribution in [0.2, 0.25) is 0 Å². The zero-order chi connectivity index (χ0) is 14.2. The number of carboxylic acids is 1. The second-order valence-electron chi connectivity index (χ2n) is 5.64. The predicted molar refractivity (Wildman–Crippen MR) is 77.6 cm³/mol. The smallest absolute Gasteiger partial charge is 0.303 e. The van der Waals surface area contributed by atoms with Crippen LogP contribution in [0, 0.1) is 5.92 Å². The van der Waals surface area contributed by atoms with E-state index < -0.39 is 5.97 Å². The Morgan fingerprint density at radius 3 is 2.53 bits per heavy atom. The maximum atomic E-state index is 11.0. The van der Waals surface area contributed by atoms with Crippen molar-refractivity contribution in [2.24, 2.45) is 5.92 Å². The molecule has 0 aliphatic heterocycles. The van der Waals surface area contributed by atoms with Crippen LogP contribution in [-0.2, 0) is 4.79 Å². The number of hydrogen-bond acceptors (Lipinski definition) is 2. The summed E-state index contributed by atoms with van der Waals surface area (Å²) in [7, 11) is 0. The van der Waals surface area contributed by atoms with Crippen LogP contribution in [-0.4, -0.2) is 16.2 Å². The van der Waals surface area contributed by atoms with Gasteiger partial charge in [-0.25, -0.2) is 0 Å². The SMILES string of the molecule is CC(C)c1cc(Br)c(O)c(C(CC(=O)O)C2CC2)c1. The van der Waals surface area contributed by atoms with Gasteiger partial charge in [0.15, 0.2) is 0 Å². The Bertz CT molecular complexity index is 492. The molecule has 1 unspecified atom stereocenters.